The minimum atomic E-state index is -3.80. The van der Waals surface area contributed by atoms with Gasteiger partial charge in [-0.1, -0.05) is 23.2 Å². The number of nitrogens with one attached hydrogen (secondary N) is 1. The summed E-state index contributed by atoms with van der Waals surface area (Å²) in [6.07, 6.45) is 1.00. The first-order valence-corrected chi connectivity index (χ1v) is 10.7. The predicted molar refractivity (Wildman–Crippen MR) is 109 cm³/mol. The van der Waals surface area contributed by atoms with E-state index in [1.165, 1.54) is 19.1 Å². The van der Waals surface area contributed by atoms with Crippen LogP contribution in [0.5, 0.6) is 5.75 Å². The van der Waals surface area contributed by atoms with Crippen molar-refractivity contribution in [3.8, 4) is 5.75 Å². The van der Waals surface area contributed by atoms with Gasteiger partial charge in [0.25, 0.3) is 0 Å². The number of anilines is 2. The minimum Gasteiger partial charge on any atom is -0.494 e. The Kier molecular flexibility index (Phi) is 6.97. The number of benzene rings is 2. The molecule has 1 atom stereocenters. The van der Waals surface area contributed by atoms with Crippen molar-refractivity contribution >= 4 is 50.5 Å². The SMILES string of the molecule is CCOc1ccc(NC(=O)[C@@H](C)N(c2cc(Cl)ccc2Cl)S(C)(=O)=O)cc1. The van der Waals surface area contributed by atoms with E-state index in [0.29, 0.717) is 23.1 Å². The highest BCUT2D eigenvalue weighted by Gasteiger charge is 2.30. The Morgan fingerprint density at radius 1 is 1.19 bits per heavy atom. The largest absolute Gasteiger partial charge is 0.494 e. The van der Waals surface area contributed by atoms with Gasteiger partial charge in [0, 0.05) is 10.7 Å². The first-order chi connectivity index (χ1) is 12.6. The molecule has 1 amide bonds. The molecule has 0 radical (unpaired) electrons. The van der Waals surface area contributed by atoms with Gasteiger partial charge in [-0.25, -0.2) is 8.42 Å². The second-order valence-electron chi connectivity index (χ2n) is 5.78. The second kappa shape index (κ2) is 8.82. The van der Waals surface area contributed by atoms with Crippen LogP contribution in [-0.2, 0) is 14.8 Å². The van der Waals surface area contributed by atoms with Crippen LogP contribution in [0.3, 0.4) is 0 Å². The lowest BCUT2D eigenvalue weighted by molar-refractivity contribution is -0.116. The number of carbonyl (C=O) groups excluding carboxylic acids is 1. The van der Waals surface area contributed by atoms with E-state index in [1.54, 1.807) is 30.3 Å². The number of hydrogen-bond donors (Lipinski definition) is 1. The number of carbonyl (C=O) groups is 1. The molecular formula is C18H20Cl2N2O4S. The van der Waals surface area contributed by atoms with Gasteiger partial charge in [-0.3, -0.25) is 9.10 Å². The van der Waals surface area contributed by atoms with Gasteiger partial charge in [-0.2, -0.15) is 0 Å². The molecule has 1 N–H and O–H groups in total. The predicted octanol–water partition coefficient (Wildman–Crippen LogP) is 4.19. The van der Waals surface area contributed by atoms with Crippen molar-refractivity contribution in [2.24, 2.45) is 0 Å². The molecule has 0 unspecified atom stereocenters. The van der Waals surface area contributed by atoms with E-state index in [-0.39, 0.29) is 10.7 Å². The van der Waals surface area contributed by atoms with E-state index in [2.05, 4.69) is 5.32 Å². The van der Waals surface area contributed by atoms with Crippen molar-refractivity contribution < 1.29 is 17.9 Å². The normalized spacial score (nSPS) is 12.3. The van der Waals surface area contributed by atoms with E-state index < -0.39 is 22.0 Å². The van der Waals surface area contributed by atoms with Crippen LogP contribution in [0.25, 0.3) is 0 Å². The average Bonchev–Trinajstić information content (AvgIpc) is 2.59. The molecule has 0 aliphatic heterocycles. The third-order valence-electron chi connectivity index (χ3n) is 3.67. The Morgan fingerprint density at radius 2 is 1.81 bits per heavy atom. The number of rotatable bonds is 7. The fraction of sp³-hybridized carbons (Fsp3) is 0.278. The van der Waals surface area contributed by atoms with Crippen LogP contribution in [0.4, 0.5) is 11.4 Å². The lowest BCUT2D eigenvalue weighted by Gasteiger charge is -2.29. The smallest absolute Gasteiger partial charge is 0.247 e. The molecule has 2 rings (SSSR count). The van der Waals surface area contributed by atoms with Gasteiger partial charge in [-0.05, 0) is 56.3 Å². The topological polar surface area (TPSA) is 75.7 Å². The summed E-state index contributed by atoms with van der Waals surface area (Å²) in [5, 5.41) is 3.17. The van der Waals surface area contributed by atoms with Crippen molar-refractivity contribution in [1.82, 2.24) is 0 Å². The number of hydrogen-bond acceptors (Lipinski definition) is 4. The summed E-state index contributed by atoms with van der Waals surface area (Å²) in [5.74, 6) is 0.160. The summed E-state index contributed by atoms with van der Waals surface area (Å²) < 4.78 is 31.0. The number of nitrogens with zero attached hydrogens (tertiary/aromatic N) is 1. The van der Waals surface area contributed by atoms with E-state index in [0.717, 1.165) is 10.6 Å². The van der Waals surface area contributed by atoms with Gasteiger partial charge in [-0.15, -0.1) is 0 Å². The molecule has 0 aliphatic rings. The van der Waals surface area contributed by atoms with Crippen LogP contribution >= 0.6 is 23.2 Å². The van der Waals surface area contributed by atoms with Crippen molar-refractivity contribution in [3.63, 3.8) is 0 Å². The summed E-state index contributed by atoms with van der Waals surface area (Å²) in [4.78, 5) is 12.7. The third-order valence-corrected chi connectivity index (χ3v) is 5.45. The fourth-order valence-corrected chi connectivity index (χ4v) is 4.09. The van der Waals surface area contributed by atoms with Crippen molar-refractivity contribution in [2.45, 2.75) is 19.9 Å². The maximum absolute atomic E-state index is 12.7. The van der Waals surface area contributed by atoms with Crippen LogP contribution < -0.4 is 14.4 Å². The number of halogens is 2. The van der Waals surface area contributed by atoms with Crippen LogP contribution in [0.1, 0.15) is 13.8 Å². The summed E-state index contributed by atoms with van der Waals surface area (Å²) in [5.41, 5.74) is 0.655. The van der Waals surface area contributed by atoms with Crippen LogP contribution in [0.2, 0.25) is 10.0 Å². The molecule has 146 valence electrons. The Morgan fingerprint density at radius 3 is 2.37 bits per heavy atom. The summed E-state index contributed by atoms with van der Waals surface area (Å²) in [6, 6.07) is 10.2. The highest BCUT2D eigenvalue weighted by molar-refractivity contribution is 7.92. The monoisotopic (exact) mass is 430 g/mol. The second-order valence-corrected chi connectivity index (χ2v) is 8.48. The molecule has 0 heterocycles. The molecule has 0 saturated heterocycles. The molecule has 0 saturated carbocycles. The Hall–Kier alpha value is -1.96. The van der Waals surface area contributed by atoms with E-state index in [4.69, 9.17) is 27.9 Å². The molecule has 6 nitrogen and oxygen atoms in total. The van der Waals surface area contributed by atoms with Gasteiger partial charge in [0.15, 0.2) is 0 Å². The highest BCUT2D eigenvalue weighted by atomic mass is 35.5. The first-order valence-electron chi connectivity index (χ1n) is 8.11. The van der Waals surface area contributed by atoms with E-state index in [9.17, 15) is 13.2 Å². The molecule has 2 aromatic rings. The molecule has 27 heavy (non-hydrogen) atoms. The van der Waals surface area contributed by atoms with Crippen molar-refractivity contribution in [1.29, 1.82) is 0 Å². The summed E-state index contributed by atoms with van der Waals surface area (Å²) >= 11 is 12.1. The van der Waals surface area contributed by atoms with Gasteiger partial charge in [0.05, 0.1) is 23.6 Å². The highest BCUT2D eigenvalue weighted by Crippen LogP contribution is 2.32. The maximum Gasteiger partial charge on any atom is 0.247 e. The van der Waals surface area contributed by atoms with E-state index >= 15 is 0 Å². The first kappa shape index (κ1) is 21.3. The summed E-state index contributed by atoms with van der Waals surface area (Å²) in [6.45, 7) is 3.88. The molecule has 0 aromatic heterocycles. The molecule has 0 fully saturated rings. The summed E-state index contributed by atoms with van der Waals surface area (Å²) in [7, 11) is -3.80. The zero-order chi connectivity index (χ0) is 20.2. The van der Waals surface area contributed by atoms with Gasteiger partial charge in [0.1, 0.15) is 11.8 Å². The molecule has 0 spiro atoms. The maximum atomic E-state index is 12.7. The molecule has 9 heteroatoms. The molecule has 2 aromatic carbocycles. The number of amides is 1. The lowest BCUT2D eigenvalue weighted by atomic mass is 10.2. The zero-order valence-corrected chi connectivity index (χ0v) is 17.4. The zero-order valence-electron chi connectivity index (χ0n) is 15.1. The van der Waals surface area contributed by atoms with E-state index in [1.807, 2.05) is 6.92 Å². The van der Waals surface area contributed by atoms with Gasteiger partial charge < -0.3 is 10.1 Å². The average molecular weight is 431 g/mol. The molecule has 0 aliphatic carbocycles. The van der Waals surface area contributed by atoms with Crippen LogP contribution in [-0.4, -0.2) is 33.2 Å². The fourth-order valence-electron chi connectivity index (χ4n) is 2.48. The molecule has 0 bridgehead atoms. The van der Waals surface area contributed by atoms with Gasteiger partial charge >= 0.3 is 0 Å². The minimum absolute atomic E-state index is 0.140. The standard InChI is InChI=1S/C18H20Cl2N2O4S/c1-4-26-15-8-6-14(7-9-15)21-18(23)12(2)22(27(3,24)25)17-11-13(19)5-10-16(17)20/h5-12H,4H2,1-3H3,(H,21,23)/t12-/m1/s1. The van der Waals surface area contributed by atoms with Crippen molar-refractivity contribution in [2.75, 3.05) is 22.5 Å². The van der Waals surface area contributed by atoms with Crippen molar-refractivity contribution in [3.05, 3.63) is 52.5 Å². The number of sulfonamides is 1. The Balaban J connectivity index is 2.28. The van der Waals surface area contributed by atoms with Gasteiger partial charge in [0.2, 0.25) is 15.9 Å². The molecular weight excluding hydrogens is 411 g/mol. The van der Waals surface area contributed by atoms with Crippen LogP contribution in [0, 0.1) is 0 Å². The third kappa shape index (κ3) is 5.51. The van der Waals surface area contributed by atoms with Crippen LogP contribution in [0.15, 0.2) is 42.5 Å². The lowest BCUT2D eigenvalue weighted by Crippen LogP contribution is -2.45. The number of ether oxygens (including phenoxy) is 1. The Labute approximate surface area is 169 Å². The quantitative estimate of drug-likeness (QED) is 0.714. The Bertz CT molecular complexity index is 917.